The summed E-state index contributed by atoms with van der Waals surface area (Å²) in [6.07, 6.45) is 0.738. The van der Waals surface area contributed by atoms with E-state index in [0.717, 1.165) is 23.2 Å². The third kappa shape index (κ3) is 1.92. The Bertz CT molecular complexity index is 505. The molecule has 0 radical (unpaired) electrons. The van der Waals surface area contributed by atoms with E-state index in [1.807, 2.05) is 19.1 Å². The molecule has 0 saturated heterocycles. The summed E-state index contributed by atoms with van der Waals surface area (Å²) < 4.78 is 0. The van der Waals surface area contributed by atoms with Crippen molar-refractivity contribution in [2.45, 2.75) is 6.92 Å². The molecule has 2 aromatic rings. The fraction of sp³-hybridized carbons (Fsp3) is 0.0909. The number of halogens is 1. The SMILES string of the molecule is Cc1cc(-c2ccc(C=O)c(Cl)c2)n[nH]1. The minimum atomic E-state index is 0.447. The quantitative estimate of drug-likeness (QED) is 0.791. The van der Waals surface area contributed by atoms with Gasteiger partial charge in [0.25, 0.3) is 0 Å². The van der Waals surface area contributed by atoms with Crippen LogP contribution in [0.15, 0.2) is 24.3 Å². The number of aromatic amines is 1. The fourth-order valence-electron chi connectivity index (χ4n) is 1.35. The van der Waals surface area contributed by atoms with Gasteiger partial charge in [-0.15, -0.1) is 0 Å². The highest BCUT2D eigenvalue weighted by molar-refractivity contribution is 6.33. The topological polar surface area (TPSA) is 45.8 Å². The van der Waals surface area contributed by atoms with E-state index in [1.54, 1.807) is 12.1 Å². The van der Waals surface area contributed by atoms with Gasteiger partial charge < -0.3 is 0 Å². The molecule has 0 aliphatic heterocycles. The van der Waals surface area contributed by atoms with Gasteiger partial charge in [0.1, 0.15) is 0 Å². The molecule has 0 aliphatic rings. The monoisotopic (exact) mass is 220 g/mol. The summed E-state index contributed by atoms with van der Waals surface area (Å²) >= 11 is 5.92. The first-order chi connectivity index (χ1) is 7.20. The number of hydrogen-bond donors (Lipinski definition) is 1. The maximum Gasteiger partial charge on any atom is 0.151 e. The maximum atomic E-state index is 10.6. The zero-order chi connectivity index (χ0) is 10.8. The lowest BCUT2D eigenvalue weighted by molar-refractivity contribution is 0.112. The standard InChI is InChI=1S/C11H9ClN2O/c1-7-4-11(14-13-7)8-2-3-9(6-15)10(12)5-8/h2-6H,1H3,(H,13,14). The van der Waals surface area contributed by atoms with Crippen LogP contribution < -0.4 is 0 Å². The summed E-state index contributed by atoms with van der Waals surface area (Å²) in [5.41, 5.74) is 3.20. The summed E-state index contributed by atoms with van der Waals surface area (Å²) in [6.45, 7) is 1.93. The van der Waals surface area contributed by atoms with Crippen LogP contribution in [-0.4, -0.2) is 16.5 Å². The maximum absolute atomic E-state index is 10.6. The van der Waals surface area contributed by atoms with Crippen molar-refractivity contribution in [2.75, 3.05) is 0 Å². The van der Waals surface area contributed by atoms with Crippen molar-refractivity contribution < 1.29 is 4.79 Å². The van der Waals surface area contributed by atoms with Crippen molar-refractivity contribution in [2.24, 2.45) is 0 Å². The zero-order valence-corrected chi connectivity index (χ0v) is 8.88. The molecule has 1 aromatic heterocycles. The Morgan fingerprint density at radius 3 is 2.73 bits per heavy atom. The summed E-state index contributed by atoms with van der Waals surface area (Å²) in [5.74, 6) is 0. The third-order valence-electron chi connectivity index (χ3n) is 2.13. The first-order valence-electron chi connectivity index (χ1n) is 4.48. The van der Waals surface area contributed by atoms with Gasteiger partial charge >= 0.3 is 0 Å². The third-order valence-corrected chi connectivity index (χ3v) is 2.46. The van der Waals surface area contributed by atoms with Gasteiger partial charge in [0.15, 0.2) is 6.29 Å². The molecule has 0 unspecified atom stereocenters. The molecule has 15 heavy (non-hydrogen) atoms. The lowest BCUT2D eigenvalue weighted by atomic mass is 10.1. The molecule has 4 heteroatoms. The van der Waals surface area contributed by atoms with Gasteiger partial charge in [0, 0.05) is 16.8 Å². The Hall–Kier alpha value is -1.61. The Balaban J connectivity index is 2.46. The van der Waals surface area contributed by atoms with Crippen molar-refractivity contribution >= 4 is 17.9 Å². The second-order valence-corrected chi connectivity index (χ2v) is 3.70. The van der Waals surface area contributed by atoms with E-state index < -0.39 is 0 Å². The smallest absolute Gasteiger partial charge is 0.151 e. The van der Waals surface area contributed by atoms with Crippen LogP contribution in [0.1, 0.15) is 16.1 Å². The molecule has 3 nitrogen and oxygen atoms in total. The van der Waals surface area contributed by atoms with Crippen LogP contribution in [0.25, 0.3) is 11.3 Å². The van der Waals surface area contributed by atoms with E-state index in [1.165, 1.54) is 0 Å². The van der Waals surface area contributed by atoms with Gasteiger partial charge in [0.2, 0.25) is 0 Å². The number of carbonyl (C=O) groups excluding carboxylic acids is 1. The van der Waals surface area contributed by atoms with Crippen LogP contribution >= 0.6 is 11.6 Å². The van der Waals surface area contributed by atoms with Gasteiger partial charge in [-0.3, -0.25) is 9.89 Å². The van der Waals surface area contributed by atoms with Crippen LogP contribution in [0.2, 0.25) is 5.02 Å². The van der Waals surface area contributed by atoms with Gasteiger partial charge in [0.05, 0.1) is 10.7 Å². The first kappa shape index (κ1) is 9.93. The molecule has 1 N–H and O–H groups in total. The van der Waals surface area contributed by atoms with Crippen LogP contribution in [0, 0.1) is 6.92 Å². The molecule has 0 saturated carbocycles. The summed E-state index contributed by atoms with van der Waals surface area (Å²) in [7, 11) is 0. The number of benzene rings is 1. The summed E-state index contributed by atoms with van der Waals surface area (Å²) in [5, 5.41) is 7.41. The summed E-state index contributed by atoms with van der Waals surface area (Å²) in [6, 6.07) is 7.17. The van der Waals surface area contributed by atoms with Gasteiger partial charge in [-0.25, -0.2) is 0 Å². The Kier molecular flexibility index (Phi) is 2.56. The molecule has 1 heterocycles. The highest BCUT2D eigenvalue weighted by Gasteiger charge is 2.05. The van der Waals surface area contributed by atoms with Crippen LogP contribution in [0.4, 0.5) is 0 Å². The molecule has 0 aliphatic carbocycles. The highest BCUT2D eigenvalue weighted by Crippen LogP contribution is 2.23. The average Bonchev–Trinajstić information content (AvgIpc) is 2.65. The molecule has 0 fully saturated rings. The average molecular weight is 221 g/mol. The van der Waals surface area contributed by atoms with Gasteiger partial charge in [-0.05, 0) is 25.1 Å². The number of H-pyrrole nitrogens is 1. The minimum Gasteiger partial charge on any atom is -0.298 e. The molecule has 0 amide bonds. The van der Waals surface area contributed by atoms with Gasteiger partial charge in [-0.2, -0.15) is 5.10 Å². The normalized spacial score (nSPS) is 10.3. The fourth-order valence-corrected chi connectivity index (χ4v) is 1.57. The van der Waals surface area contributed by atoms with Crippen LogP contribution in [0.5, 0.6) is 0 Å². The van der Waals surface area contributed by atoms with Gasteiger partial charge in [-0.1, -0.05) is 17.7 Å². The van der Waals surface area contributed by atoms with E-state index in [9.17, 15) is 4.79 Å². The Morgan fingerprint density at radius 1 is 1.40 bits per heavy atom. The number of aldehydes is 1. The number of rotatable bonds is 2. The van der Waals surface area contributed by atoms with E-state index in [0.29, 0.717) is 10.6 Å². The zero-order valence-electron chi connectivity index (χ0n) is 8.12. The number of hydrogen-bond acceptors (Lipinski definition) is 2. The minimum absolute atomic E-state index is 0.447. The molecule has 0 atom stereocenters. The second kappa shape index (κ2) is 3.87. The summed E-state index contributed by atoms with van der Waals surface area (Å²) in [4.78, 5) is 10.6. The van der Waals surface area contributed by atoms with Crippen molar-refractivity contribution in [1.82, 2.24) is 10.2 Å². The molecule has 0 spiro atoms. The number of nitrogens with one attached hydrogen (secondary N) is 1. The van der Waals surface area contributed by atoms with Crippen LogP contribution in [-0.2, 0) is 0 Å². The van der Waals surface area contributed by atoms with Crippen molar-refractivity contribution in [3.63, 3.8) is 0 Å². The lowest BCUT2D eigenvalue weighted by Gasteiger charge is -1.99. The highest BCUT2D eigenvalue weighted by atomic mass is 35.5. The molecule has 76 valence electrons. The molecular weight excluding hydrogens is 212 g/mol. The number of nitrogens with zero attached hydrogens (tertiary/aromatic N) is 1. The van der Waals surface area contributed by atoms with Crippen LogP contribution in [0.3, 0.4) is 0 Å². The Morgan fingerprint density at radius 2 is 2.20 bits per heavy atom. The van der Waals surface area contributed by atoms with E-state index >= 15 is 0 Å². The molecular formula is C11H9ClN2O. The predicted octanol–water partition coefficient (Wildman–Crippen LogP) is 2.85. The predicted molar refractivity (Wildman–Crippen MR) is 59.2 cm³/mol. The van der Waals surface area contributed by atoms with Crippen molar-refractivity contribution in [1.29, 1.82) is 0 Å². The van der Waals surface area contributed by atoms with E-state index in [2.05, 4.69) is 10.2 Å². The first-order valence-corrected chi connectivity index (χ1v) is 4.85. The largest absolute Gasteiger partial charge is 0.298 e. The number of aromatic nitrogens is 2. The molecule has 2 rings (SSSR count). The number of aryl methyl sites for hydroxylation is 1. The Labute approximate surface area is 92.1 Å². The number of carbonyl (C=O) groups is 1. The van der Waals surface area contributed by atoms with Crippen molar-refractivity contribution in [3.8, 4) is 11.3 Å². The second-order valence-electron chi connectivity index (χ2n) is 3.29. The van der Waals surface area contributed by atoms with E-state index in [-0.39, 0.29) is 0 Å². The molecule has 1 aromatic carbocycles. The van der Waals surface area contributed by atoms with E-state index in [4.69, 9.17) is 11.6 Å². The lowest BCUT2D eigenvalue weighted by Crippen LogP contribution is -1.84. The molecule has 0 bridgehead atoms. The van der Waals surface area contributed by atoms with Crippen molar-refractivity contribution in [3.05, 3.63) is 40.5 Å².